The summed E-state index contributed by atoms with van der Waals surface area (Å²) in [5.41, 5.74) is 0.152. The first kappa shape index (κ1) is 15.2. The summed E-state index contributed by atoms with van der Waals surface area (Å²) in [5.74, 6) is 0.00974. The van der Waals surface area contributed by atoms with Crippen molar-refractivity contribution in [1.29, 1.82) is 0 Å². The summed E-state index contributed by atoms with van der Waals surface area (Å²) in [7, 11) is 1.37. The zero-order chi connectivity index (χ0) is 15.6. The van der Waals surface area contributed by atoms with Crippen molar-refractivity contribution in [3.63, 3.8) is 0 Å². The van der Waals surface area contributed by atoms with Gasteiger partial charge in [-0.3, -0.25) is 15.1 Å². The van der Waals surface area contributed by atoms with Crippen LogP contribution in [-0.2, 0) is 14.3 Å². The van der Waals surface area contributed by atoms with Crippen LogP contribution in [0.1, 0.15) is 38.8 Å². The highest BCUT2D eigenvalue weighted by Crippen LogP contribution is 2.47. The van der Waals surface area contributed by atoms with Crippen molar-refractivity contribution >= 4 is 17.9 Å². The second kappa shape index (κ2) is 5.67. The van der Waals surface area contributed by atoms with Gasteiger partial charge in [0.2, 0.25) is 0 Å². The number of nitrogens with zero attached hydrogens (tertiary/aromatic N) is 2. The fraction of sp³-hybridized carbons (Fsp3) is 0.571. The number of esters is 1. The number of carbonyl (C=O) groups is 2. The molecule has 0 radical (unpaired) electrons. The van der Waals surface area contributed by atoms with Gasteiger partial charge in [-0.1, -0.05) is 0 Å². The van der Waals surface area contributed by atoms with Crippen LogP contribution in [0, 0.1) is 5.92 Å². The van der Waals surface area contributed by atoms with E-state index >= 15 is 0 Å². The predicted octanol–water partition coefficient (Wildman–Crippen LogP) is 2.10. The Morgan fingerprint density at radius 1 is 1.29 bits per heavy atom. The normalized spacial score (nSPS) is 20.6. The molecule has 1 fully saturated rings. The van der Waals surface area contributed by atoms with E-state index < -0.39 is 11.7 Å². The van der Waals surface area contributed by atoms with E-state index in [4.69, 9.17) is 4.74 Å². The number of aromatic nitrogens is 2. The molecule has 2 rings (SSSR count). The van der Waals surface area contributed by atoms with Gasteiger partial charge in [-0.2, -0.15) is 0 Å². The van der Waals surface area contributed by atoms with Gasteiger partial charge < -0.3 is 9.47 Å². The molecule has 0 bridgehead atoms. The SMILES string of the molecule is COC(=O)[C@@H]1CC1c1cnc(NC(=O)OC(C)(C)C)cn1. The van der Waals surface area contributed by atoms with E-state index in [1.807, 2.05) is 0 Å². The number of hydrogen-bond acceptors (Lipinski definition) is 6. The van der Waals surface area contributed by atoms with Gasteiger partial charge in [-0.25, -0.2) is 9.78 Å². The first-order valence-corrected chi connectivity index (χ1v) is 6.70. The Morgan fingerprint density at radius 3 is 2.52 bits per heavy atom. The fourth-order valence-corrected chi connectivity index (χ4v) is 1.94. The molecule has 0 aromatic carbocycles. The number of rotatable bonds is 3. The number of methoxy groups -OCH3 is 1. The lowest BCUT2D eigenvalue weighted by Gasteiger charge is -2.19. The van der Waals surface area contributed by atoms with Crippen LogP contribution in [0.2, 0.25) is 0 Å². The maximum Gasteiger partial charge on any atom is 0.413 e. The highest BCUT2D eigenvalue weighted by atomic mass is 16.6. The molecular weight excluding hydrogens is 274 g/mol. The van der Waals surface area contributed by atoms with Crippen LogP contribution in [0.15, 0.2) is 12.4 Å². The number of amides is 1. The molecule has 114 valence electrons. The quantitative estimate of drug-likeness (QED) is 0.858. The van der Waals surface area contributed by atoms with E-state index in [-0.39, 0.29) is 17.8 Å². The van der Waals surface area contributed by atoms with Crippen molar-refractivity contribution in [3.05, 3.63) is 18.1 Å². The lowest BCUT2D eigenvalue weighted by Crippen LogP contribution is -2.27. The molecule has 1 aromatic heterocycles. The molecule has 1 amide bonds. The summed E-state index contributed by atoms with van der Waals surface area (Å²) in [6, 6.07) is 0. The van der Waals surface area contributed by atoms with Crippen LogP contribution >= 0.6 is 0 Å². The molecule has 7 heteroatoms. The third kappa shape index (κ3) is 4.14. The first-order valence-electron chi connectivity index (χ1n) is 6.70. The molecule has 1 aliphatic carbocycles. The largest absolute Gasteiger partial charge is 0.469 e. The van der Waals surface area contributed by atoms with Gasteiger partial charge in [0.15, 0.2) is 5.82 Å². The van der Waals surface area contributed by atoms with Gasteiger partial charge in [0.25, 0.3) is 0 Å². The number of ether oxygens (including phenoxy) is 2. The Balaban J connectivity index is 1.91. The lowest BCUT2D eigenvalue weighted by molar-refractivity contribution is -0.142. The molecule has 1 aliphatic rings. The molecule has 0 saturated heterocycles. The third-order valence-electron chi connectivity index (χ3n) is 2.98. The van der Waals surface area contributed by atoms with Crippen LogP contribution in [-0.4, -0.2) is 34.7 Å². The number of hydrogen-bond donors (Lipinski definition) is 1. The highest BCUT2D eigenvalue weighted by Gasteiger charge is 2.46. The number of anilines is 1. The summed E-state index contributed by atoms with van der Waals surface area (Å²) in [6.07, 6.45) is 3.15. The average Bonchev–Trinajstić information content (AvgIpc) is 3.16. The fourth-order valence-electron chi connectivity index (χ4n) is 1.94. The molecule has 0 aliphatic heterocycles. The van der Waals surface area contributed by atoms with E-state index in [1.165, 1.54) is 13.3 Å². The summed E-state index contributed by atoms with van der Waals surface area (Å²) in [6.45, 7) is 5.34. The van der Waals surface area contributed by atoms with Crippen molar-refractivity contribution < 1.29 is 19.1 Å². The van der Waals surface area contributed by atoms with Gasteiger partial charge in [-0.05, 0) is 27.2 Å². The van der Waals surface area contributed by atoms with Crippen molar-refractivity contribution in [3.8, 4) is 0 Å². The van der Waals surface area contributed by atoms with Crippen molar-refractivity contribution in [2.24, 2.45) is 5.92 Å². The Kier molecular flexibility index (Phi) is 4.11. The summed E-state index contributed by atoms with van der Waals surface area (Å²) in [5, 5.41) is 2.50. The highest BCUT2D eigenvalue weighted by molar-refractivity contribution is 5.83. The van der Waals surface area contributed by atoms with Gasteiger partial charge in [0, 0.05) is 5.92 Å². The Bertz CT molecular complexity index is 536. The first-order chi connectivity index (χ1) is 9.80. The third-order valence-corrected chi connectivity index (χ3v) is 2.98. The molecule has 21 heavy (non-hydrogen) atoms. The smallest absolute Gasteiger partial charge is 0.413 e. The minimum atomic E-state index is -0.580. The van der Waals surface area contributed by atoms with Crippen LogP contribution in [0.4, 0.5) is 10.6 Å². The summed E-state index contributed by atoms with van der Waals surface area (Å²) >= 11 is 0. The van der Waals surface area contributed by atoms with Crippen LogP contribution in [0.5, 0.6) is 0 Å². The Labute approximate surface area is 123 Å². The van der Waals surface area contributed by atoms with Gasteiger partial charge in [-0.15, -0.1) is 0 Å². The minimum Gasteiger partial charge on any atom is -0.469 e. The molecule has 1 heterocycles. The van der Waals surface area contributed by atoms with Gasteiger partial charge in [0.1, 0.15) is 5.60 Å². The minimum absolute atomic E-state index is 0.0560. The molecule has 2 atom stereocenters. The van der Waals surface area contributed by atoms with E-state index in [9.17, 15) is 9.59 Å². The zero-order valence-corrected chi connectivity index (χ0v) is 12.5. The molecule has 1 aromatic rings. The number of carbonyl (C=O) groups excluding carboxylic acids is 2. The maximum atomic E-state index is 11.6. The average molecular weight is 293 g/mol. The second-order valence-electron chi connectivity index (χ2n) is 5.93. The Hall–Kier alpha value is -2.18. The molecule has 7 nitrogen and oxygen atoms in total. The topological polar surface area (TPSA) is 90.4 Å². The number of nitrogens with one attached hydrogen (secondary N) is 1. The van der Waals surface area contributed by atoms with Crippen LogP contribution in [0.25, 0.3) is 0 Å². The van der Waals surface area contributed by atoms with Crippen molar-refractivity contribution in [2.75, 3.05) is 12.4 Å². The van der Waals surface area contributed by atoms with Gasteiger partial charge in [0.05, 0.1) is 31.1 Å². The zero-order valence-electron chi connectivity index (χ0n) is 12.5. The maximum absolute atomic E-state index is 11.6. The van der Waals surface area contributed by atoms with Crippen molar-refractivity contribution in [1.82, 2.24) is 9.97 Å². The van der Waals surface area contributed by atoms with E-state index in [2.05, 4.69) is 20.0 Å². The van der Waals surface area contributed by atoms with Crippen LogP contribution < -0.4 is 5.32 Å². The molecule has 1 unspecified atom stereocenters. The van der Waals surface area contributed by atoms with Crippen molar-refractivity contribution in [2.45, 2.75) is 38.7 Å². The van der Waals surface area contributed by atoms with E-state index in [0.29, 0.717) is 5.82 Å². The van der Waals surface area contributed by atoms with Crippen LogP contribution in [0.3, 0.4) is 0 Å². The molecular formula is C14H19N3O4. The lowest BCUT2D eigenvalue weighted by atomic mass is 10.2. The van der Waals surface area contributed by atoms with E-state index in [1.54, 1.807) is 27.0 Å². The van der Waals surface area contributed by atoms with Gasteiger partial charge >= 0.3 is 12.1 Å². The summed E-state index contributed by atoms with van der Waals surface area (Å²) < 4.78 is 9.80. The molecule has 1 N–H and O–H groups in total. The van der Waals surface area contributed by atoms with E-state index in [0.717, 1.165) is 12.1 Å². The summed E-state index contributed by atoms with van der Waals surface area (Å²) in [4.78, 5) is 31.3. The molecule has 0 spiro atoms. The monoisotopic (exact) mass is 293 g/mol. The standard InChI is InChI=1S/C14H19N3O4/c1-14(2,3)21-13(19)17-11-7-15-10(6-16-11)8-5-9(8)12(18)20-4/h6-9H,5H2,1-4H3,(H,16,17,19)/t8?,9-/m1/s1. The predicted molar refractivity (Wildman–Crippen MR) is 74.8 cm³/mol. The molecule has 1 saturated carbocycles. The Morgan fingerprint density at radius 2 is 2.00 bits per heavy atom. The second-order valence-corrected chi connectivity index (χ2v) is 5.93.